The summed E-state index contributed by atoms with van der Waals surface area (Å²) in [5, 5.41) is 0. The van der Waals surface area contributed by atoms with E-state index in [1.807, 2.05) is 0 Å². The summed E-state index contributed by atoms with van der Waals surface area (Å²) in [5.74, 6) is 0.304. The van der Waals surface area contributed by atoms with Crippen LogP contribution >= 0.6 is 0 Å². The van der Waals surface area contributed by atoms with E-state index in [0.717, 1.165) is 26.2 Å². The molecule has 1 aromatic heterocycles. The molecule has 1 aromatic rings. The number of nitrogens with zero attached hydrogens (tertiary/aromatic N) is 3. The van der Waals surface area contributed by atoms with Crippen LogP contribution in [0.25, 0.3) is 0 Å². The van der Waals surface area contributed by atoms with Crippen LogP contribution in [0, 0.1) is 0 Å². The minimum absolute atomic E-state index is 0.413. The highest BCUT2D eigenvalue weighted by Crippen LogP contribution is 2.19. The molecule has 0 spiro atoms. The Balaban J connectivity index is 2.12. The van der Waals surface area contributed by atoms with Crippen molar-refractivity contribution < 1.29 is 4.79 Å². The number of pyridine rings is 1. The van der Waals surface area contributed by atoms with Gasteiger partial charge in [-0.25, -0.2) is 4.98 Å². The van der Waals surface area contributed by atoms with Gasteiger partial charge in [-0.05, 0) is 26.0 Å². The predicted octanol–water partition coefficient (Wildman–Crippen LogP) is 0.711. The van der Waals surface area contributed by atoms with Crippen molar-refractivity contribution in [1.29, 1.82) is 0 Å². The maximum Gasteiger partial charge on any atom is 0.252 e. The van der Waals surface area contributed by atoms with Crippen molar-refractivity contribution in [2.45, 2.75) is 19.9 Å². The molecule has 0 saturated carbocycles. The number of rotatable bonds is 3. The number of piperazine rings is 1. The van der Waals surface area contributed by atoms with Crippen LogP contribution in [0.5, 0.6) is 0 Å². The third-order valence-corrected chi connectivity index (χ3v) is 3.40. The highest BCUT2D eigenvalue weighted by atomic mass is 16.1. The fraction of sp³-hybridized carbons (Fsp3) is 0.538. The Labute approximate surface area is 108 Å². The van der Waals surface area contributed by atoms with Gasteiger partial charge in [0.05, 0.1) is 5.56 Å². The second kappa shape index (κ2) is 5.35. The summed E-state index contributed by atoms with van der Waals surface area (Å²) in [6.07, 6.45) is 1.70. The molecule has 0 aromatic carbocycles. The molecule has 2 heterocycles. The number of hydrogen-bond acceptors (Lipinski definition) is 4. The Bertz CT molecular complexity index is 425. The van der Waals surface area contributed by atoms with E-state index < -0.39 is 5.91 Å². The third-order valence-electron chi connectivity index (χ3n) is 3.40. The molecular formula is C13H20N4O. The van der Waals surface area contributed by atoms with Crippen molar-refractivity contribution >= 4 is 11.7 Å². The number of hydrogen-bond donors (Lipinski definition) is 1. The van der Waals surface area contributed by atoms with Crippen LogP contribution in [0.3, 0.4) is 0 Å². The summed E-state index contributed by atoms with van der Waals surface area (Å²) < 4.78 is 0. The number of carbonyl (C=O) groups is 1. The Kier molecular flexibility index (Phi) is 3.81. The molecule has 1 fully saturated rings. The van der Waals surface area contributed by atoms with E-state index in [1.54, 1.807) is 18.3 Å². The number of amides is 1. The number of primary amides is 1. The average molecular weight is 248 g/mol. The van der Waals surface area contributed by atoms with Gasteiger partial charge in [-0.3, -0.25) is 9.69 Å². The van der Waals surface area contributed by atoms with E-state index in [1.165, 1.54) is 0 Å². The Hall–Kier alpha value is -1.62. The molecule has 1 saturated heterocycles. The van der Waals surface area contributed by atoms with Crippen LogP contribution in [-0.4, -0.2) is 48.0 Å². The molecule has 1 amide bonds. The number of nitrogens with two attached hydrogens (primary N) is 1. The zero-order valence-corrected chi connectivity index (χ0v) is 11.0. The monoisotopic (exact) mass is 248 g/mol. The fourth-order valence-electron chi connectivity index (χ4n) is 2.29. The second-order valence-corrected chi connectivity index (χ2v) is 4.86. The van der Waals surface area contributed by atoms with Crippen molar-refractivity contribution in [1.82, 2.24) is 9.88 Å². The summed E-state index contributed by atoms with van der Waals surface area (Å²) in [6, 6.07) is 4.04. The van der Waals surface area contributed by atoms with Gasteiger partial charge in [0, 0.05) is 38.4 Å². The minimum atomic E-state index is -0.413. The molecule has 0 atom stereocenters. The third kappa shape index (κ3) is 2.61. The molecule has 2 rings (SSSR count). The molecule has 0 unspecified atom stereocenters. The van der Waals surface area contributed by atoms with Gasteiger partial charge in [0.1, 0.15) is 5.82 Å². The van der Waals surface area contributed by atoms with Crippen LogP contribution in [0.1, 0.15) is 24.2 Å². The van der Waals surface area contributed by atoms with E-state index in [4.69, 9.17) is 5.73 Å². The lowest BCUT2D eigenvalue weighted by molar-refractivity contribution is 0.1000. The van der Waals surface area contributed by atoms with Crippen LogP contribution in [-0.2, 0) is 0 Å². The van der Waals surface area contributed by atoms with E-state index in [0.29, 0.717) is 17.4 Å². The minimum Gasteiger partial charge on any atom is -0.365 e. The van der Waals surface area contributed by atoms with Gasteiger partial charge < -0.3 is 10.6 Å². The topological polar surface area (TPSA) is 62.5 Å². The highest BCUT2D eigenvalue weighted by molar-refractivity contribution is 5.97. The lowest BCUT2D eigenvalue weighted by Crippen LogP contribution is -2.49. The quantitative estimate of drug-likeness (QED) is 0.855. The van der Waals surface area contributed by atoms with E-state index in [-0.39, 0.29) is 0 Å². The number of carbonyl (C=O) groups excluding carboxylic acids is 1. The highest BCUT2D eigenvalue weighted by Gasteiger charge is 2.22. The first-order valence-electron chi connectivity index (χ1n) is 6.33. The molecule has 98 valence electrons. The largest absolute Gasteiger partial charge is 0.365 e. The van der Waals surface area contributed by atoms with Crippen molar-refractivity contribution in [3.8, 4) is 0 Å². The van der Waals surface area contributed by atoms with Crippen LogP contribution < -0.4 is 10.6 Å². The molecule has 1 aliphatic heterocycles. The average Bonchev–Trinajstić information content (AvgIpc) is 2.39. The Morgan fingerprint density at radius 3 is 2.56 bits per heavy atom. The van der Waals surface area contributed by atoms with Crippen molar-refractivity contribution in [2.75, 3.05) is 31.1 Å². The lowest BCUT2D eigenvalue weighted by atomic mass is 10.2. The van der Waals surface area contributed by atoms with Gasteiger partial charge in [0.2, 0.25) is 0 Å². The maximum atomic E-state index is 11.4. The van der Waals surface area contributed by atoms with Crippen molar-refractivity contribution in [3.63, 3.8) is 0 Å². The second-order valence-electron chi connectivity index (χ2n) is 4.86. The molecule has 0 aliphatic carbocycles. The fourth-order valence-corrected chi connectivity index (χ4v) is 2.29. The predicted molar refractivity (Wildman–Crippen MR) is 71.7 cm³/mol. The van der Waals surface area contributed by atoms with Crippen molar-refractivity contribution in [3.05, 3.63) is 23.9 Å². The van der Waals surface area contributed by atoms with Crippen LogP contribution in [0.4, 0.5) is 5.82 Å². The summed E-state index contributed by atoms with van der Waals surface area (Å²) >= 11 is 0. The first-order chi connectivity index (χ1) is 8.59. The van der Waals surface area contributed by atoms with Gasteiger partial charge in [0.25, 0.3) is 5.91 Å². The molecular weight excluding hydrogens is 228 g/mol. The first kappa shape index (κ1) is 12.8. The lowest BCUT2D eigenvalue weighted by Gasteiger charge is -2.37. The molecule has 2 N–H and O–H groups in total. The van der Waals surface area contributed by atoms with Crippen LogP contribution in [0.15, 0.2) is 18.3 Å². The standard InChI is InChI=1S/C13H20N4O/c1-10(2)16-6-8-17(9-7-16)13-11(12(14)18)4-3-5-15-13/h3-5,10H,6-9H2,1-2H3,(H2,14,18). The van der Waals surface area contributed by atoms with E-state index in [2.05, 4.69) is 28.6 Å². The number of anilines is 1. The van der Waals surface area contributed by atoms with Gasteiger partial charge >= 0.3 is 0 Å². The van der Waals surface area contributed by atoms with Crippen molar-refractivity contribution in [2.24, 2.45) is 5.73 Å². The zero-order valence-electron chi connectivity index (χ0n) is 11.0. The zero-order chi connectivity index (χ0) is 13.1. The first-order valence-corrected chi connectivity index (χ1v) is 6.33. The smallest absolute Gasteiger partial charge is 0.252 e. The normalized spacial score (nSPS) is 17.2. The van der Waals surface area contributed by atoms with Gasteiger partial charge in [-0.15, -0.1) is 0 Å². The maximum absolute atomic E-state index is 11.4. The van der Waals surface area contributed by atoms with Gasteiger partial charge in [-0.1, -0.05) is 0 Å². The molecule has 5 nitrogen and oxygen atoms in total. The van der Waals surface area contributed by atoms with Gasteiger partial charge in [0.15, 0.2) is 0 Å². The van der Waals surface area contributed by atoms with Crippen LogP contribution in [0.2, 0.25) is 0 Å². The summed E-state index contributed by atoms with van der Waals surface area (Å²) in [7, 11) is 0. The Morgan fingerprint density at radius 1 is 1.33 bits per heavy atom. The molecule has 18 heavy (non-hydrogen) atoms. The molecule has 0 bridgehead atoms. The summed E-state index contributed by atoms with van der Waals surface area (Å²) in [5.41, 5.74) is 5.89. The molecule has 5 heteroatoms. The summed E-state index contributed by atoms with van der Waals surface area (Å²) in [6.45, 7) is 8.15. The van der Waals surface area contributed by atoms with E-state index in [9.17, 15) is 4.79 Å². The molecule has 0 radical (unpaired) electrons. The van der Waals surface area contributed by atoms with E-state index >= 15 is 0 Å². The summed E-state index contributed by atoms with van der Waals surface area (Å²) in [4.78, 5) is 20.2. The Morgan fingerprint density at radius 2 is 2.00 bits per heavy atom. The SMILES string of the molecule is CC(C)N1CCN(c2ncccc2C(N)=O)CC1. The number of aromatic nitrogens is 1. The molecule has 1 aliphatic rings. The van der Waals surface area contributed by atoms with Gasteiger partial charge in [-0.2, -0.15) is 0 Å².